The van der Waals surface area contributed by atoms with Crippen molar-refractivity contribution >= 4 is 23.5 Å². The van der Waals surface area contributed by atoms with Gasteiger partial charge >= 0.3 is 5.97 Å². The number of ether oxygens (including phenoxy) is 3. The summed E-state index contributed by atoms with van der Waals surface area (Å²) >= 11 is 0. The van der Waals surface area contributed by atoms with Gasteiger partial charge in [0.1, 0.15) is 18.4 Å². The Morgan fingerprint density at radius 3 is 2.65 bits per heavy atom. The van der Waals surface area contributed by atoms with Crippen molar-refractivity contribution in [2.24, 2.45) is 5.92 Å². The number of carbonyl (C=O) groups excluding carboxylic acids is 3. The lowest BCUT2D eigenvalue weighted by Gasteiger charge is -2.34. The second-order valence-electron chi connectivity index (χ2n) is 7.60. The summed E-state index contributed by atoms with van der Waals surface area (Å²) in [5.74, 6) is -0.165. The van der Waals surface area contributed by atoms with Gasteiger partial charge in [-0.1, -0.05) is 13.8 Å². The third-order valence-electron chi connectivity index (χ3n) is 4.59. The van der Waals surface area contributed by atoms with Gasteiger partial charge in [-0.3, -0.25) is 14.4 Å². The van der Waals surface area contributed by atoms with Crippen molar-refractivity contribution < 1.29 is 28.6 Å². The molecular weight excluding hydrogens is 402 g/mol. The Labute approximate surface area is 183 Å². The summed E-state index contributed by atoms with van der Waals surface area (Å²) in [5.41, 5.74) is 0.750. The van der Waals surface area contributed by atoms with E-state index in [1.807, 2.05) is 32.9 Å². The second kappa shape index (κ2) is 12.8. The minimum Gasteiger partial charge on any atom is -0.491 e. The highest BCUT2D eigenvalue weighted by atomic mass is 16.5. The van der Waals surface area contributed by atoms with Crippen LogP contribution in [0.15, 0.2) is 24.3 Å². The zero-order chi connectivity index (χ0) is 22.6. The smallest absolute Gasteiger partial charge is 0.308 e. The predicted octanol–water partition coefficient (Wildman–Crippen LogP) is 1.43. The van der Waals surface area contributed by atoms with Crippen LogP contribution < -0.4 is 15.4 Å². The molecule has 1 fully saturated rings. The van der Waals surface area contributed by atoms with Crippen molar-refractivity contribution in [3.63, 3.8) is 0 Å². The lowest BCUT2D eigenvalue weighted by molar-refractivity contribution is -0.152. The van der Waals surface area contributed by atoms with Crippen molar-refractivity contribution in [1.29, 1.82) is 0 Å². The first-order valence-corrected chi connectivity index (χ1v) is 10.7. The molecule has 0 radical (unpaired) electrons. The number of carbonyl (C=O) groups is 3. The molecule has 1 aliphatic heterocycles. The van der Waals surface area contributed by atoms with E-state index in [9.17, 15) is 14.4 Å². The van der Waals surface area contributed by atoms with E-state index >= 15 is 0 Å². The van der Waals surface area contributed by atoms with E-state index in [0.29, 0.717) is 38.7 Å². The van der Waals surface area contributed by atoms with E-state index in [0.717, 1.165) is 5.69 Å². The van der Waals surface area contributed by atoms with Crippen LogP contribution in [0, 0.1) is 5.92 Å². The Morgan fingerprint density at radius 1 is 1.23 bits per heavy atom. The first-order valence-electron chi connectivity index (χ1n) is 10.7. The number of hydrogen-bond acceptors (Lipinski definition) is 7. The van der Waals surface area contributed by atoms with Crippen LogP contribution in [0.3, 0.4) is 0 Å². The van der Waals surface area contributed by atoms with E-state index < -0.39 is 12.0 Å². The summed E-state index contributed by atoms with van der Waals surface area (Å²) in [5, 5.41) is 5.76. The fourth-order valence-corrected chi connectivity index (χ4v) is 3.00. The Morgan fingerprint density at radius 2 is 1.97 bits per heavy atom. The van der Waals surface area contributed by atoms with Crippen LogP contribution in [0.5, 0.6) is 5.75 Å². The molecule has 1 aliphatic rings. The minimum atomic E-state index is -0.858. The molecule has 1 saturated heterocycles. The van der Waals surface area contributed by atoms with Gasteiger partial charge in [-0.05, 0) is 37.1 Å². The Kier molecular flexibility index (Phi) is 10.1. The molecule has 0 aliphatic carbocycles. The molecule has 2 amide bonds. The SMILES string of the molecule is CCOCCOc1ccc(NCC(=O)N2CCNC(=O)C2CC(=O)OCC(C)C)cc1. The molecule has 1 aromatic rings. The van der Waals surface area contributed by atoms with Crippen molar-refractivity contribution in [1.82, 2.24) is 10.2 Å². The molecule has 1 heterocycles. The second-order valence-corrected chi connectivity index (χ2v) is 7.60. The first-order chi connectivity index (χ1) is 14.9. The highest BCUT2D eigenvalue weighted by molar-refractivity contribution is 5.93. The van der Waals surface area contributed by atoms with Crippen molar-refractivity contribution in [3.8, 4) is 5.75 Å². The first kappa shape index (κ1) is 24.5. The molecular formula is C22H33N3O6. The van der Waals surface area contributed by atoms with Crippen LogP contribution in [-0.2, 0) is 23.9 Å². The van der Waals surface area contributed by atoms with Crippen molar-refractivity contribution in [2.75, 3.05) is 51.4 Å². The number of nitrogens with one attached hydrogen (secondary N) is 2. The van der Waals surface area contributed by atoms with Crippen LogP contribution in [0.4, 0.5) is 5.69 Å². The topological polar surface area (TPSA) is 106 Å². The summed E-state index contributed by atoms with van der Waals surface area (Å²) in [4.78, 5) is 38.5. The van der Waals surface area contributed by atoms with Crippen molar-refractivity contribution in [2.45, 2.75) is 33.2 Å². The summed E-state index contributed by atoms with van der Waals surface area (Å²) in [6.45, 7) is 8.44. The number of hydrogen-bond donors (Lipinski definition) is 2. The Balaban J connectivity index is 1.85. The zero-order valence-corrected chi connectivity index (χ0v) is 18.5. The number of rotatable bonds is 12. The van der Waals surface area contributed by atoms with Gasteiger partial charge in [0.15, 0.2) is 0 Å². The summed E-state index contributed by atoms with van der Waals surface area (Å²) in [6, 6.07) is 6.38. The van der Waals surface area contributed by atoms with E-state index in [1.54, 1.807) is 12.1 Å². The van der Waals surface area contributed by atoms with Crippen molar-refractivity contribution in [3.05, 3.63) is 24.3 Å². The van der Waals surface area contributed by atoms with E-state index in [1.165, 1.54) is 4.90 Å². The monoisotopic (exact) mass is 435 g/mol. The van der Waals surface area contributed by atoms with Crippen LogP contribution in [0.25, 0.3) is 0 Å². The fraction of sp³-hybridized carbons (Fsp3) is 0.591. The van der Waals surface area contributed by atoms with Crippen LogP contribution >= 0.6 is 0 Å². The Hall–Kier alpha value is -2.81. The van der Waals surface area contributed by atoms with Gasteiger partial charge in [-0.15, -0.1) is 0 Å². The van der Waals surface area contributed by atoms with Gasteiger partial charge in [0.2, 0.25) is 11.8 Å². The average Bonchev–Trinajstić information content (AvgIpc) is 2.76. The molecule has 2 N–H and O–H groups in total. The number of benzene rings is 1. The highest BCUT2D eigenvalue weighted by Crippen LogP contribution is 2.16. The number of amides is 2. The maximum atomic E-state index is 12.7. The quantitative estimate of drug-likeness (QED) is 0.378. The lowest BCUT2D eigenvalue weighted by Crippen LogP contribution is -2.58. The fourth-order valence-electron chi connectivity index (χ4n) is 3.00. The molecule has 172 valence electrons. The van der Waals surface area contributed by atoms with E-state index in [-0.39, 0.29) is 37.3 Å². The van der Waals surface area contributed by atoms with Gasteiger partial charge in [-0.2, -0.15) is 0 Å². The van der Waals surface area contributed by atoms with E-state index in [4.69, 9.17) is 14.2 Å². The molecule has 31 heavy (non-hydrogen) atoms. The highest BCUT2D eigenvalue weighted by Gasteiger charge is 2.35. The number of piperazine rings is 1. The summed E-state index contributed by atoms with van der Waals surface area (Å²) < 4.78 is 16.0. The van der Waals surface area contributed by atoms with Gasteiger partial charge in [-0.25, -0.2) is 0 Å². The standard InChI is InChI=1S/C22H33N3O6/c1-4-29-11-12-30-18-7-5-17(6-8-18)24-14-20(26)25-10-9-23-22(28)19(25)13-21(27)31-15-16(2)3/h5-8,16,19,24H,4,9-15H2,1-3H3,(H,23,28). The maximum Gasteiger partial charge on any atom is 0.308 e. The predicted molar refractivity (Wildman–Crippen MR) is 116 cm³/mol. The third kappa shape index (κ3) is 8.45. The molecule has 1 aromatic carbocycles. The third-order valence-corrected chi connectivity index (χ3v) is 4.59. The van der Waals surface area contributed by atoms with E-state index in [2.05, 4.69) is 10.6 Å². The molecule has 1 atom stereocenters. The molecule has 9 heteroatoms. The van der Waals surface area contributed by atoms with Gasteiger partial charge in [0.25, 0.3) is 0 Å². The Bertz CT molecular complexity index is 722. The van der Waals surface area contributed by atoms with Gasteiger partial charge < -0.3 is 29.7 Å². The summed E-state index contributed by atoms with van der Waals surface area (Å²) in [7, 11) is 0. The van der Waals surface area contributed by atoms with Crippen LogP contribution in [0.2, 0.25) is 0 Å². The summed E-state index contributed by atoms with van der Waals surface area (Å²) in [6.07, 6.45) is -0.155. The number of nitrogens with zero attached hydrogens (tertiary/aromatic N) is 1. The molecule has 0 saturated carbocycles. The van der Waals surface area contributed by atoms with Gasteiger partial charge in [0, 0.05) is 25.4 Å². The molecule has 0 aromatic heterocycles. The largest absolute Gasteiger partial charge is 0.491 e. The maximum absolute atomic E-state index is 12.7. The zero-order valence-electron chi connectivity index (χ0n) is 18.5. The lowest BCUT2D eigenvalue weighted by atomic mass is 10.1. The molecule has 1 unspecified atom stereocenters. The minimum absolute atomic E-state index is 0.00929. The van der Waals surface area contributed by atoms with Gasteiger partial charge in [0.05, 0.1) is 26.2 Å². The average molecular weight is 436 g/mol. The molecule has 0 spiro atoms. The molecule has 2 rings (SSSR count). The number of esters is 1. The normalized spacial score (nSPS) is 16.1. The number of anilines is 1. The van der Waals surface area contributed by atoms with Crippen LogP contribution in [-0.4, -0.2) is 74.8 Å². The van der Waals surface area contributed by atoms with Crippen LogP contribution in [0.1, 0.15) is 27.2 Å². The molecule has 9 nitrogen and oxygen atoms in total. The molecule has 0 bridgehead atoms.